The number of esters is 1. The number of urea groups is 1. The maximum absolute atomic E-state index is 13.0. The third kappa shape index (κ3) is 4.54. The van der Waals surface area contributed by atoms with Gasteiger partial charge in [-0.25, -0.2) is 9.59 Å². The molecule has 0 spiro atoms. The van der Waals surface area contributed by atoms with Crippen molar-refractivity contribution in [1.82, 2.24) is 10.6 Å². The molecule has 3 N–H and O–H groups in total. The SMILES string of the molecule is C=CCc1cc(C2NC(=O)NC(c3ccc(OC)cc3)=C2C(=O)OCC)cc(OC)c1O. The van der Waals surface area contributed by atoms with Crippen LogP contribution in [0.4, 0.5) is 4.79 Å². The second kappa shape index (κ2) is 9.91. The topological polar surface area (TPSA) is 106 Å². The predicted octanol–water partition coefficient (Wildman–Crippen LogP) is 3.47. The van der Waals surface area contributed by atoms with E-state index in [1.54, 1.807) is 56.5 Å². The first kappa shape index (κ1) is 22.7. The Morgan fingerprint density at radius 1 is 1.19 bits per heavy atom. The molecule has 1 unspecified atom stereocenters. The number of nitrogens with one attached hydrogen (secondary N) is 2. The van der Waals surface area contributed by atoms with Crippen LogP contribution in [-0.4, -0.2) is 37.9 Å². The minimum Gasteiger partial charge on any atom is -0.504 e. The van der Waals surface area contributed by atoms with Gasteiger partial charge < -0.3 is 30.0 Å². The first-order valence-electron chi connectivity index (χ1n) is 10.1. The minimum absolute atomic E-state index is 0.0200. The first-order valence-corrected chi connectivity index (χ1v) is 10.1. The average Bonchev–Trinajstić information content (AvgIpc) is 2.80. The van der Waals surface area contributed by atoms with Crippen molar-refractivity contribution in [2.75, 3.05) is 20.8 Å². The van der Waals surface area contributed by atoms with E-state index in [1.807, 2.05) is 0 Å². The Balaban J connectivity index is 2.22. The highest BCUT2D eigenvalue weighted by Gasteiger charge is 2.35. The minimum atomic E-state index is -0.835. The number of carbonyl (C=O) groups is 2. The summed E-state index contributed by atoms with van der Waals surface area (Å²) < 4.78 is 15.8. The lowest BCUT2D eigenvalue weighted by molar-refractivity contribution is -0.138. The molecule has 2 amide bonds. The van der Waals surface area contributed by atoms with E-state index in [-0.39, 0.29) is 23.7 Å². The number of allylic oxidation sites excluding steroid dienone is 1. The van der Waals surface area contributed by atoms with Crippen molar-refractivity contribution >= 4 is 17.7 Å². The zero-order valence-electron chi connectivity index (χ0n) is 18.2. The fourth-order valence-electron chi connectivity index (χ4n) is 3.55. The van der Waals surface area contributed by atoms with E-state index >= 15 is 0 Å². The molecule has 2 aromatic rings. The predicted molar refractivity (Wildman–Crippen MR) is 120 cm³/mol. The van der Waals surface area contributed by atoms with Gasteiger partial charge in [-0.2, -0.15) is 0 Å². The summed E-state index contributed by atoms with van der Waals surface area (Å²) in [5, 5.41) is 16.0. The number of aromatic hydroxyl groups is 1. The molecule has 0 fully saturated rings. The lowest BCUT2D eigenvalue weighted by atomic mass is 9.91. The van der Waals surface area contributed by atoms with Crippen molar-refractivity contribution in [3.8, 4) is 17.2 Å². The number of phenolic OH excluding ortho intramolecular Hbond substituents is 1. The molecule has 0 bridgehead atoms. The fraction of sp³-hybridized carbons (Fsp3) is 0.250. The van der Waals surface area contributed by atoms with Gasteiger partial charge in [0.2, 0.25) is 0 Å². The van der Waals surface area contributed by atoms with E-state index in [9.17, 15) is 14.7 Å². The number of rotatable bonds is 8. The molecule has 3 rings (SSSR count). The molecule has 0 saturated heterocycles. The van der Waals surface area contributed by atoms with E-state index in [4.69, 9.17) is 14.2 Å². The van der Waals surface area contributed by atoms with Crippen LogP contribution in [0.5, 0.6) is 17.2 Å². The van der Waals surface area contributed by atoms with Crippen molar-refractivity contribution in [3.63, 3.8) is 0 Å². The number of ether oxygens (including phenoxy) is 3. The van der Waals surface area contributed by atoms with Crippen molar-refractivity contribution in [1.29, 1.82) is 0 Å². The molecule has 0 aromatic heterocycles. The molecule has 1 aliphatic heterocycles. The molecule has 2 aromatic carbocycles. The van der Waals surface area contributed by atoms with Crippen LogP contribution in [0.3, 0.4) is 0 Å². The van der Waals surface area contributed by atoms with Crippen LogP contribution >= 0.6 is 0 Å². The summed E-state index contributed by atoms with van der Waals surface area (Å²) in [6.45, 7) is 5.59. The number of hydrogen-bond donors (Lipinski definition) is 3. The monoisotopic (exact) mass is 438 g/mol. The average molecular weight is 438 g/mol. The highest BCUT2D eigenvalue weighted by Crippen LogP contribution is 2.38. The summed E-state index contributed by atoms with van der Waals surface area (Å²) >= 11 is 0. The second-order valence-corrected chi connectivity index (χ2v) is 6.99. The van der Waals surface area contributed by atoms with Crippen molar-refractivity contribution in [2.24, 2.45) is 0 Å². The molecule has 1 atom stereocenters. The standard InChI is InChI=1S/C24H26N2O6/c1-5-7-15-12-16(13-18(31-4)22(15)27)21-19(23(28)32-6-2)20(25-24(29)26-21)14-8-10-17(30-3)11-9-14/h5,8-13,21,27H,1,6-7H2,2-4H3,(H2,25,26,29). The van der Waals surface area contributed by atoms with E-state index < -0.39 is 18.0 Å². The summed E-state index contributed by atoms with van der Waals surface area (Å²) in [7, 11) is 2.99. The largest absolute Gasteiger partial charge is 0.504 e. The number of methoxy groups -OCH3 is 2. The van der Waals surface area contributed by atoms with E-state index in [1.165, 1.54) is 7.11 Å². The van der Waals surface area contributed by atoms with Crippen LogP contribution in [0.2, 0.25) is 0 Å². The Morgan fingerprint density at radius 2 is 1.91 bits per heavy atom. The molecule has 1 heterocycles. The smallest absolute Gasteiger partial charge is 0.338 e. The van der Waals surface area contributed by atoms with E-state index in [0.717, 1.165) is 0 Å². The molecular formula is C24H26N2O6. The molecular weight excluding hydrogens is 412 g/mol. The van der Waals surface area contributed by atoms with Crippen molar-refractivity contribution in [3.05, 3.63) is 71.3 Å². The third-order valence-electron chi connectivity index (χ3n) is 5.04. The summed E-state index contributed by atoms with van der Waals surface area (Å²) in [6.07, 6.45) is 2.02. The fourth-order valence-corrected chi connectivity index (χ4v) is 3.55. The lowest BCUT2D eigenvalue weighted by Gasteiger charge is -2.30. The second-order valence-electron chi connectivity index (χ2n) is 6.99. The summed E-state index contributed by atoms with van der Waals surface area (Å²) in [4.78, 5) is 25.6. The molecule has 0 radical (unpaired) electrons. The van der Waals surface area contributed by atoms with E-state index in [0.29, 0.717) is 34.6 Å². The zero-order chi connectivity index (χ0) is 23.3. The maximum atomic E-state index is 13.0. The summed E-state index contributed by atoms with van der Waals surface area (Å²) in [5.41, 5.74) is 2.29. The summed E-state index contributed by atoms with van der Waals surface area (Å²) in [6, 6.07) is 8.95. The maximum Gasteiger partial charge on any atom is 0.338 e. The van der Waals surface area contributed by atoms with Crippen LogP contribution in [0.1, 0.15) is 29.7 Å². The van der Waals surface area contributed by atoms with Gasteiger partial charge in [-0.05, 0) is 60.9 Å². The van der Waals surface area contributed by atoms with Gasteiger partial charge in [-0.3, -0.25) is 0 Å². The van der Waals surface area contributed by atoms with Crippen LogP contribution in [0, 0.1) is 0 Å². The van der Waals surface area contributed by atoms with E-state index in [2.05, 4.69) is 17.2 Å². The van der Waals surface area contributed by atoms with Gasteiger partial charge in [-0.15, -0.1) is 6.58 Å². The van der Waals surface area contributed by atoms with Crippen LogP contribution in [-0.2, 0) is 16.0 Å². The highest BCUT2D eigenvalue weighted by molar-refractivity contribution is 6.04. The van der Waals surface area contributed by atoms with Crippen LogP contribution in [0.15, 0.2) is 54.6 Å². The molecule has 1 aliphatic rings. The number of benzene rings is 2. The molecule has 0 saturated carbocycles. The molecule has 168 valence electrons. The van der Waals surface area contributed by atoms with Gasteiger partial charge in [0.1, 0.15) is 5.75 Å². The molecule has 0 aliphatic carbocycles. The number of hydrogen-bond acceptors (Lipinski definition) is 6. The number of carbonyl (C=O) groups excluding carboxylic acids is 2. The Morgan fingerprint density at radius 3 is 2.50 bits per heavy atom. The van der Waals surface area contributed by atoms with Crippen LogP contribution in [0.25, 0.3) is 5.70 Å². The normalized spacial score (nSPS) is 15.5. The quantitative estimate of drug-likeness (QED) is 0.431. The number of amides is 2. The molecule has 8 heteroatoms. The van der Waals surface area contributed by atoms with Gasteiger partial charge in [0.25, 0.3) is 0 Å². The van der Waals surface area contributed by atoms with Gasteiger partial charge in [-0.1, -0.05) is 6.08 Å². The highest BCUT2D eigenvalue weighted by atomic mass is 16.5. The Hall–Kier alpha value is -3.94. The lowest BCUT2D eigenvalue weighted by Crippen LogP contribution is -2.45. The molecule has 32 heavy (non-hydrogen) atoms. The van der Waals surface area contributed by atoms with Gasteiger partial charge in [0, 0.05) is 5.56 Å². The van der Waals surface area contributed by atoms with Gasteiger partial charge >= 0.3 is 12.0 Å². The number of phenols is 1. The molecule has 8 nitrogen and oxygen atoms in total. The van der Waals surface area contributed by atoms with Crippen LogP contribution < -0.4 is 20.1 Å². The Labute approximate surface area is 186 Å². The Kier molecular flexibility index (Phi) is 7.04. The van der Waals surface area contributed by atoms with Gasteiger partial charge in [0.05, 0.1) is 38.1 Å². The summed E-state index contributed by atoms with van der Waals surface area (Å²) in [5.74, 6) is 0.268. The Bertz CT molecular complexity index is 1060. The van der Waals surface area contributed by atoms with Crippen molar-refractivity contribution in [2.45, 2.75) is 19.4 Å². The third-order valence-corrected chi connectivity index (χ3v) is 5.04. The first-order chi connectivity index (χ1) is 15.4. The van der Waals surface area contributed by atoms with Gasteiger partial charge in [0.15, 0.2) is 11.5 Å². The van der Waals surface area contributed by atoms with Crippen molar-refractivity contribution < 1.29 is 28.9 Å². The zero-order valence-corrected chi connectivity index (χ0v) is 18.2.